The van der Waals surface area contributed by atoms with Crippen LogP contribution in [0.1, 0.15) is 28.8 Å². The van der Waals surface area contributed by atoms with Gasteiger partial charge in [-0.15, -0.1) is 23.2 Å². The Kier molecular flexibility index (Phi) is 6.84. The predicted octanol–water partition coefficient (Wildman–Crippen LogP) is 6.58. The summed E-state index contributed by atoms with van der Waals surface area (Å²) >= 11 is 37.0. The van der Waals surface area contributed by atoms with Gasteiger partial charge in [0.25, 0.3) is 5.91 Å². The van der Waals surface area contributed by atoms with E-state index in [4.69, 9.17) is 69.6 Å². The molecule has 1 aliphatic carbocycles. The van der Waals surface area contributed by atoms with Gasteiger partial charge in [0.2, 0.25) is 5.91 Å². The minimum absolute atomic E-state index is 0.0949. The molecule has 0 aliphatic heterocycles. The summed E-state index contributed by atoms with van der Waals surface area (Å²) in [6.45, 7) is 2.19. The first-order valence-electron chi connectivity index (χ1n) is 8.48. The molecular formula is C19H14Cl6N2O2. The highest BCUT2D eigenvalue weighted by Gasteiger charge is 2.67. The first-order valence-corrected chi connectivity index (χ1v) is 10.7. The third kappa shape index (κ3) is 4.73. The first kappa shape index (κ1) is 22.8. The van der Waals surface area contributed by atoms with Gasteiger partial charge < -0.3 is 10.6 Å². The molecule has 4 nitrogen and oxygen atoms in total. The third-order valence-electron chi connectivity index (χ3n) is 4.46. The first-order chi connectivity index (χ1) is 13.6. The molecule has 0 radical (unpaired) electrons. The molecule has 0 unspecified atom stereocenters. The molecule has 1 aliphatic rings. The molecule has 0 bridgehead atoms. The lowest BCUT2D eigenvalue weighted by molar-refractivity contribution is -0.117. The number of anilines is 1. The maximum atomic E-state index is 12.8. The fourth-order valence-corrected chi connectivity index (χ4v) is 4.91. The summed E-state index contributed by atoms with van der Waals surface area (Å²) < 4.78 is -1.32. The highest BCUT2D eigenvalue weighted by molar-refractivity contribution is 6.53. The van der Waals surface area contributed by atoms with Crippen LogP contribution >= 0.6 is 69.6 Å². The zero-order valence-corrected chi connectivity index (χ0v) is 19.4. The lowest BCUT2D eigenvalue weighted by Gasteiger charge is -2.11. The van der Waals surface area contributed by atoms with Crippen LogP contribution in [0.25, 0.3) is 0 Å². The van der Waals surface area contributed by atoms with E-state index in [1.807, 2.05) is 0 Å². The summed E-state index contributed by atoms with van der Waals surface area (Å²) in [5, 5.41) is 6.39. The molecule has 0 saturated heterocycles. The van der Waals surface area contributed by atoms with Crippen LogP contribution in [0.4, 0.5) is 5.69 Å². The minimum Gasteiger partial charge on any atom is -0.352 e. The Morgan fingerprint density at radius 2 is 1.62 bits per heavy atom. The van der Waals surface area contributed by atoms with Gasteiger partial charge >= 0.3 is 0 Å². The highest BCUT2D eigenvalue weighted by atomic mass is 35.5. The molecule has 1 fully saturated rings. The van der Waals surface area contributed by atoms with Crippen LogP contribution in [-0.2, 0) is 4.79 Å². The molecule has 0 aromatic heterocycles. The van der Waals surface area contributed by atoms with Gasteiger partial charge in [-0.3, -0.25) is 9.59 Å². The van der Waals surface area contributed by atoms with Crippen LogP contribution in [0, 0.1) is 5.92 Å². The van der Waals surface area contributed by atoms with Crippen molar-refractivity contribution in [3.8, 4) is 0 Å². The van der Waals surface area contributed by atoms with Crippen molar-refractivity contribution in [1.82, 2.24) is 5.32 Å². The van der Waals surface area contributed by atoms with E-state index < -0.39 is 28.0 Å². The molecule has 29 heavy (non-hydrogen) atoms. The molecule has 0 heterocycles. The molecule has 3 rings (SSSR count). The SMILES string of the molecule is CCNC(=O)c1cc(NC(=O)[C@H]2[C@H](c3cc(Cl)cc(Cl)c3)C2(Cl)Cl)cc(Cl)c1Cl. The molecular weight excluding hydrogens is 501 g/mol. The summed E-state index contributed by atoms with van der Waals surface area (Å²) in [5.74, 6) is -2.08. The second kappa shape index (κ2) is 8.70. The van der Waals surface area contributed by atoms with Crippen molar-refractivity contribution in [1.29, 1.82) is 0 Å². The number of hydrogen-bond donors (Lipinski definition) is 2. The van der Waals surface area contributed by atoms with Gasteiger partial charge in [0.05, 0.1) is 21.5 Å². The molecule has 2 aromatic rings. The van der Waals surface area contributed by atoms with Crippen LogP contribution < -0.4 is 10.6 Å². The van der Waals surface area contributed by atoms with E-state index in [-0.39, 0.29) is 15.6 Å². The monoisotopic (exact) mass is 512 g/mol. The number of benzene rings is 2. The lowest BCUT2D eigenvalue weighted by Crippen LogP contribution is -2.23. The Bertz CT molecular complexity index is 975. The summed E-state index contributed by atoms with van der Waals surface area (Å²) in [6, 6.07) is 7.79. The van der Waals surface area contributed by atoms with E-state index in [1.54, 1.807) is 25.1 Å². The molecule has 1 saturated carbocycles. The standard InChI is InChI=1S/C19H14Cl6N2O2/c1-2-26-17(28)12-6-11(7-13(22)16(12)23)27-18(29)15-14(19(15,24)25)8-3-9(20)5-10(21)4-8/h3-7,14-15H,2H2,1H3,(H,26,28)(H,27,29)/t14-,15+/m0/s1. The number of carbonyl (C=O) groups is 2. The van der Waals surface area contributed by atoms with Crippen LogP contribution in [0.3, 0.4) is 0 Å². The lowest BCUT2D eigenvalue weighted by atomic mass is 10.1. The number of nitrogens with one attached hydrogen (secondary N) is 2. The van der Waals surface area contributed by atoms with Crippen molar-refractivity contribution >= 4 is 87.1 Å². The minimum atomic E-state index is -1.32. The molecule has 2 amide bonds. The van der Waals surface area contributed by atoms with Gasteiger partial charge in [-0.2, -0.15) is 0 Å². The smallest absolute Gasteiger partial charge is 0.252 e. The van der Waals surface area contributed by atoms with Crippen LogP contribution in [0.5, 0.6) is 0 Å². The van der Waals surface area contributed by atoms with Crippen molar-refractivity contribution in [2.24, 2.45) is 5.92 Å². The second-order valence-corrected chi connectivity index (χ2v) is 9.60. The van der Waals surface area contributed by atoms with Crippen molar-refractivity contribution in [2.45, 2.75) is 17.2 Å². The molecule has 154 valence electrons. The Hall–Kier alpha value is -0.880. The van der Waals surface area contributed by atoms with Gasteiger partial charge in [0.15, 0.2) is 0 Å². The van der Waals surface area contributed by atoms with E-state index in [2.05, 4.69) is 10.6 Å². The van der Waals surface area contributed by atoms with Crippen LogP contribution in [0.2, 0.25) is 20.1 Å². The average Bonchev–Trinajstić information content (AvgIpc) is 3.19. The van der Waals surface area contributed by atoms with Crippen LogP contribution in [0.15, 0.2) is 30.3 Å². The number of halogens is 6. The van der Waals surface area contributed by atoms with Crippen molar-refractivity contribution in [3.05, 3.63) is 61.5 Å². The maximum Gasteiger partial charge on any atom is 0.252 e. The van der Waals surface area contributed by atoms with Gasteiger partial charge in [-0.25, -0.2) is 0 Å². The van der Waals surface area contributed by atoms with Gasteiger partial charge in [-0.05, 0) is 42.8 Å². The summed E-state index contributed by atoms with van der Waals surface area (Å²) in [7, 11) is 0. The summed E-state index contributed by atoms with van der Waals surface area (Å²) in [6.07, 6.45) is 0. The van der Waals surface area contributed by atoms with Gasteiger partial charge in [0.1, 0.15) is 4.33 Å². The molecule has 2 aromatic carbocycles. The maximum absolute atomic E-state index is 12.8. The van der Waals surface area contributed by atoms with Crippen molar-refractivity contribution in [2.75, 3.05) is 11.9 Å². The number of alkyl halides is 2. The quantitative estimate of drug-likeness (QED) is 0.443. The second-order valence-electron chi connectivity index (χ2n) is 6.50. The zero-order valence-electron chi connectivity index (χ0n) is 14.8. The van der Waals surface area contributed by atoms with Crippen molar-refractivity contribution in [3.63, 3.8) is 0 Å². The highest BCUT2D eigenvalue weighted by Crippen LogP contribution is 2.65. The number of carbonyl (C=O) groups excluding carboxylic acids is 2. The molecule has 2 N–H and O–H groups in total. The normalized spacial score (nSPS) is 19.6. The van der Waals surface area contributed by atoms with E-state index in [0.717, 1.165) is 0 Å². The summed E-state index contributed by atoms with van der Waals surface area (Å²) in [5.41, 5.74) is 1.10. The Morgan fingerprint density at radius 1 is 1.00 bits per heavy atom. The summed E-state index contributed by atoms with van der Waals surface area (Å²) in [4.78, 5) is 25.0. The largest absolute Gasteiger partial charge is 0.352 e. The van der Waals surface area contributed by atoms with E-state index in [9.17, 15) is 9.59 Å². The average molecular weight is 515 g/mol. The third-order valence-corrected chi connectivity index (χ3v) is 6.64. The Morgan fingerprint density at radius 3 is 2.21 bits per heavy atom. The number of amides is 2. The number of hydrogen-bond acceptors (Lipinski definition) is 2. The van der Waals surface area contributed by atoms with Gasteiger partial charge in [0, 0.05) is 28.2 Å². The Balaban J connectivity index is 1.84. The fraction of sp³-hybridized carbons (Fsp3) is 0.263. The molecule has 0 spiro atoms. The van der Waals surface area contributed by atoms with E-state index in [0.29, 0.717) is 27.8 Å². The van der Waals surface area contributed by atoms with Crippen molar-refractivity contribution < 1.29 is 9.59 Å². The predicted molar refractivity (Wildman–Crippen MR) is 120 cm³/mol. The van der Waals surface area contributed by atoms with Gasteiger partial charge in [-0.1, -0.05) is 46.4 Å². The van der Waals surface area contributed by atoms with E-state index in [1.165, 1.54) is 12.1 Å². The molecule has 10 heteroatoms. The van der Waals surface area contributed by atoms with Crippen LogP contribution in [-0.4, -0.2) is 22.7 Å². The van der Waals surface area contributed by atoms with E-state index >= 15 is 0 Å². The number of rotatable bonds is 5. The fourth-order valence-electron chi connectivity index (χ4n) is 3.12. The Labute approximate surface area is 197 Å². The zero-order chi connectivity index (χ0) is 21.5. The molecule has 2 atom stereocenters. The topological polar surface area (TPSA) is 58.2 Å².